The van der Waals surface area contributed by atoms with Crippen molar-refractivity contribution in [1.82, 2.24) is 10.2 Å². The average Bonchev–Trinajstić information content (AvgIpc) is 2.80. The van der Waals surface area contributed by atoms with Crippen LogP contribution < -0.4 is 5.32 Å². The van der Waals surface area contributed by atoms with E-state index in [9.17, 15) is 14.0 Å². The second-order valence-corrected chi connectivity index (χ2v) is 10.1. The summed E-state index contributed by atoms with van der Waals surface area (Å²) in [6.45, 7) is 1.73. The van der Waals surface area contributed by atoms with Crippen molar-refractivity contribution in [2.45, 2.75) is 63.4 Å². The first-order chi connectivity index (χ1) is 15.9. The van der Waals surface area contributed by atoms with Gasteiger partial charge in [0.15, 0.2) is 0 Å². The maximum absolute atomic E-state index is 14.3. The van der Waals surface area contributed by atoms with Gasteiger partial charge in [-0.2, -0.15) is 0 Å². The van der Waals surface area contributed by atoms with Gasteiger partial charge < -0.3 is 10.2 Å². The highest BCUT2D eigenvalue weighted by molar-refractivity contribution is 7.99. The van der Waals surface area contributed by atoms with Crippen molar-refractivity contribution >= 4 is 46.8 Å². The van der Waals surface area contributed by atoms with Gasteiger partial charge in [-0.1, -0.05) is 66.7 Å². The highest BCUT2D eigenvalue weighted by atomic mass is 35.5. The van der Waals surface area contributed by atoms with Crippen LogP contribution in [0.5, 0.6) is 0 Å². The van der Waals surface area contributed by atoms with Gasteiger partial charge in [0, 0.05) is 33.9 Å². The number of nitrogens with zero attached hydrogens (tertiary/aromatic N) is 1. The van der Waals surface area contributed by atoms with E-state index < -0.39 is 11.9 Å². The molecule has 33 heavy (non-hydrogen) atoms. The Morgan fingerprint density at radius 3 is 2.42 bits per heavy atom. The van der Waals surface area contributed by atoms with Crippen molar-refractivity contribution in [3.63, 3.8) is 0 Å². The number of carbonyl (C=O) groups excluding carboxylic acids is 2. The lowest BCUT2D eigenvalue weighted by molar-refractivity contribution is -0.139. The van der Waals surface area contributed by atoms with Crippen molar-refractivity contribution in [3.05, 3.63) is 69.5 Å². The Kier molecular flexibility index (Phi) is 9.90. The predicted molar refractivity (Wildman–Crippen MR) is 134 cm³/mol. The molecule has 0 bridgehead atoms. The van der Waals surface area contributed by atoms with Gasteiger partial charge in [0.05, 0.1) is 5.75 Å². The number of amides is 2. The number of hydrogen-bond acceptors (Lipinski definition) is 3. The van der Waals surface area contributed by atoms with Gasteiger partial charge in [-0.25, -0.2) is 4.39 Å². The molecule has 4 nitrogen and oxygen atoms in total. The summed E-state index contributed by atoms with van der Waals surface area (Å²) in [7, 11) is 0. The van der Waals surface area contributed by atoms with Gasteiger partial charge in [-0.3, -0.25) is 9.59 Å². The lowest BCUT2D eigenvalue weighted by atomic mass is 9.95. The molecule has 3 rings (SSSR count). The molecule has 2 aromatic rings. The largest absolute Gasteiger partial charge is 0.352 e. The summed E-state index contributed by atoms with van der Waals surface area (Å²) in [5.74, 6) is -0.258. The van der Waals surface area contributed by atoms with E-state index in [0.717, 1.165) is 31.2 Å². The quantitative estimate of drug-likeness (QED) is 0.434. The lowest BCUT2D eigenvalue weighted by Gasteiger charge is -2.31. The van der Waals surface area contributed by atoms with E-state index in [0.29, 0.717) is 21.4 Å². The van der Waals surface area contributed by atoms with E-state index in [-0.39, 0.29) is 30.2 Å². The normalized spacial score (nSPS) is 15.2. The molecule has 1 unspecified atom stereocenters. The van der Waals surface area contributed by atoms with Gasteiger partial charge in [-0.15, -0.1) is 11.8 Å². The summed E-state index contributed by atoms with van der Waals surface area (Å²) >= 11 is 13.8. The third-order valence-electron chi connectivity index (χ3n) is 5.95. The molecule has 0 saturated heterocycles. The zero-order valence-electron chi connectivity index (χ0n) is 18.7. The van der Waals surface area contributed by atoms with Crippen molar-refractivity contribution in [3.8, 4) is 0 Å². The lowest BCUT2D eigenvalue weighted by Crippen LogP contribution is -2.51. The summed E-state index contributed by atoms with van der Waals surface area (Å²) in [5.41, 5.74) is 1.14. The fourth-order valence-corrected chi connectivity index (χ4v) is 5.60. The first kappa shape index (κ1) is 25.9. The van der Waals surface area contributed by atoms with Crippen LogP contribution in [0.1, 0.15) is 50.2 Å². The Hall–Kier alpha value is -1.76. The highest BCUT2D eigenvalue weighted by Gasteiger charge is 2.28. The van der Waals surface area contributed by atoms with Crippen molar-refractivity contribution in [1.29, 1.82) is 0 Å². The zero-order chi connectivity index (χ0) is 23.8. The Morgan fingerprint density at radius 1 is 1.09 bits per heavy atom. The van der Waals surface area contributed by atoms with E-state index in [2.05, 4.69) is 5.32 Å². The van der Waals surface area contributed by atoms with Crippen LogP contribution in [0.25, 0.3) is 0 Å². The molecule has 0 aliphatic heterocycles. The molecule has 8 heteroatoms. The Morgan fingerprint density at radius 2 is 1.76 bits per heavy atom. The molecule has 1 atom stereocenters. The summed E-state index contributed by atoms with van der Waals surface area (Å²) in [6, 6.07) is 11.0. The molecule has 1 aliphatic carbocycles. The molecule has 0 aromatic heterocycles. The van der Waals surface area contributed by atoms with Crippen LogP contribution in [0, 0.1) is 5.82 Å². The van der Waals surface area contributed by atoms with Gasteiger partial charge in [0.25, 0.3) is 0 Å². The summed E-state index contributed by atoms with van der Waals surface area (Å²) < 4.78 is 14.3. The van der Waals surface area contributed by atoms with Crippen molar-refractivity contribution in [2.24, 2.45) is 0 Å². The van der Waals surface area contributed by atoms with Crippen LogP contribution >= 0.6 is 35.0 Å². The van der Waals surface area contributed by atoms with E-state index in [1.165, 1.54) is 29.1 Å². The second-order valence-electron chi connectivity index (χ2n) is 8.33. The summed E-state index contributed by atoms with van der Waals surface area (Å²) in [4.78, 5) is 27.6. The van der Waals surface area contributed by atoms with Crippen LogP contribution in [0.3, 0.4) is 0 Å². The molecule has 2 amide bonds. The number of halogens is 3. The van der Waals surface area contributed by atoms with Crippen LogP contribution in [-0.2, 0) is 21.9 Å². The first-order valence-electron chi connectivity index (χ1n) is 11.2. The fourth-order valence-electron chi connectivity index (χ4n) is 3.96. The monoisotopic (exact) mass is 510 g/mol. The number of carbonyl (C=O) groups is 2. The number of nitrogens with one attached hydrogen (secondary N) is 1. The molecule has 2 aromatic carbocycles. The van der Waals surface area contributed by atoms with E-state index in [1.807, 2.05) is 0 Å². The van der Waals surface area contributed by atoms with Gasteiger partial charge in [-0.05, 0) is 43.5 Å². The number of thioether (sulfide) groups is 1. The Balaban J connectivity index is 1.69. The minimum atomic E-state index is -0.719. The smallest absolute Gasteiger partial charge is 0.242 e. The topological polar surface area (TPSA) is 49.4 Å². The van der Waals surface area contributed by atoms with E-state index >= 15 is 0 Å². The molecule has 1 fully saturated rings. The van der Waals surface area contributed by atoms with Crippen LogP contribution in [0.2, 0.25) is 10.0 Å². The van der Waals surface area contributed by atoms with Crippen LogP contribution in [-0.4, -0.2) is 34.6 Å². The molecular weight excluding hydrogens is 482 g/mol. The molecule has 1 N–H and O–H groups in total. The molecule has 0 spiro atoms. The van der Waals surface area contributed by atoms with Gasteiger partial charge in [0.2, 0.25) is 11.8 Å². The van der Waals surface area contributed by atoms with E-state index in [1.54, 1.807) is 43.3 Å². The number of rotatable bonds is 9. The first-order valence-corrected chi connectivity index (χ1v) is 13.1. The zero-order valence-corrected chi connectivity index (χ0v) is 21.0. The Labute approximate surface area is 209 Å². The standard InChI is InChI=1S/C25H29Cl2FN2O2S/c1-17(25(32)29-19-9-3-2-4-10-19)30(14-18-8-5-6-13-23(18)28)24(31)16-33-15-20-21(26)11-7-12-22(20)27/h5-8,11-13,17,19H,2-4,9-10,14-16H2,1H3,(H,29,32). The maximum atomic E-state index is 14.3. The summed E-state index contributed by atoms with van der Waals surface area (Å²) in [6.07, 6.45) is 5.28. The predicted octanol–water partition coefficient (Wildman–Crippen LogP) is 6.23. The van der Waals surface area contributed by atoms with Crippen LogP contribution in [0.4, 0.5) is 4.39 Å². The third kappa shape index (κ3) is 7.36. The molecule has 0 heterocycles. The average molecular weight is 511 g/mol. The molecular formula is C25H29Cl2FN2O2S. The number of hydrogen-bond donors (Lipinski definition) is 1. The van der Waals surface area contributed by atoms with Crippen molar-refractivity contribution < 1.29 is 14.0 Å². The maximum Gasteiger partial charge on any atom is 0.242 e. The molecule has 1 saturated carbocycles. The summed E-state index contributed by atoms with van der Waals surface area (Å²) in [5, 5.41) is 4.18. The third-order valence-corrected chi connectivity index (χ3v) is 7.60. The van der Waals surface area contributed by atoms with E-state index in [4.69, 9.17) is 23.2 Å². The highest BCUT2D eigenvalue weighted by Crippen LogP contribution is 2.28. The second kappa shape index (κ2) is 12.6. The van der Waals surface area contributed by atoms with Crippen LogP contribution in [0.15, 0.2) is 42.5 Å². The van der Waals surface area contributed by atoms with Gasteiger partial charge in [0.1, 0.15) is 11.9 Å². The Bertz CT molecular complexity index is 949. The van der Waals surface area contributed by atoms with Gasteiger partial charge >= 0.3 is 0 Å². The minimum Gasteiger partial charge on any atom is -0.352 e. The minimum absolute atomic E-state index is 0.0260. The molecule has 1 aliphatic rings. The number of benzene rings is 2. The SMILES string of the molecule is CC(C(=O)NC1CCCCC1)N(Cc1ccccc1F)C(=O)CSCc1c(Cl)cccc1Cl. The van der Waals surface area contributed by atoms with Crippen molar-refractivity contribution in [2.75, 3.05) is 5.75 Å². The molecule has 178 valence electrons. The molecule has 0 radical (unpaired) electrons. The fraction of sp³-hybridized carbons (Fsp3) is 0.440.